The molecule has 1 unspecified atom stereocenters. The van der Waals surface area contributed by atoms with E-state index in [0.29, 0.717) is 18.2 Å². The van der Waals surface area contributed by atoms with Crippen LogP contribution in [0.5, 0.6) is 0 Å². The number of methoxy groups -OCH3 is 1. The fourth-order valence-corrected chi connectivity index (χ4v) is 3.93. The highest BCUT2D eigenvalue weighted by atomic mass is 35.5. The lowest BCUT2D eigenvalue weighted by atomic mass is 10.0. The number of piperazine rings is 1. The van der Waals surface area contributed by atoms with Crippen LogP contribution in [0, 0.1) is 5.82 Å². The molecule has 0 aliphatic carbocycles. The van der Waals surface area contributed by atoms with Crippen molar-refractivity contribution in [2.45, 2.75) is 12.6 Å². The summed E-state index contributed by atoms with van der Waals surface area (Å²) in [5, 5.41) is 13.1. The molecule has 2 aromatic carbocycles. The van der Waals surface area contributed by atoms with Gasteiger partial charge in [-0.05, 0) is 52.4 Å². The fraction of sp³-hybridized carbons (Fsp3) is 0.381. The van der Waals surface area contributed by atoms with Gasteiger partial charge in [0.25, 0.3) is 0 Å². The average Bonchev–Trinajstić information content (AvgIpc) is 3.23. The van der Waals surface area contributed by atoms with Crippen molar-refractivity contribution in [1.82, 2.24) is 25.1 Å². The summed E-state index contributed by atoms with van der Waals surface area (Å²) in [6.45, 7) is 4.41. The van der Waals surface area contributed by atoms with Gasteiger partial charge in [-0.2, -0.15) is 0 Å². The molecule has 1 atom stereocenters. The minimum atomic E-state index is -0.219. The maximum absolute atomic E-state index is 13.3. The molecular weight excluding hydrogens is 407 g/mol. The molecule has 9 heteroatoms. The molecule has 0 bridgehead atoms. The molecule has 0 spiro atoms. The molecule has 1 aliphatic heterocycles. The van der Waals surface area contributed by atoms with E-state index in [0.717, 1.165) is 43.3 Å². The number of nitrogens with zero attached hydrogens (tertiary/aromatic N) is 6. The third kappa shape index (κ3) is 4.61. The Hall–Kier alpha value is -2.55. The first-order valence-corrected chi connectivity index (χ1v) is 10.3. The molecule has 30 heavy (non-hydrogen) atoms. The van der Waals surface area contributed by atoms with Gasteiger partial charge in [-0.3, -0.25) is 4.90 Å². The van der Waals surface area contributed by atoms with Crippen molar-refractivity contribution in [2.24, 2.45) is 0 Å². The van der Waals surface area contributed by atoms with Crippen LogP contribution in [0.1, 0.15) is 17.4 Å². The van der Waals surface area contributed by atoms with E-state index in [-0.39, 0.29) is 11.9 Å². The zero-order chi connectivity index (χ0) is 20.9. The summed E-state index contributed by atoms with van der Waals surface area (Å²) in [6, 6.07) is 14.4. The monoisotopic (exact) mass is 430 g/mol. The van der Waals surface area contributed by atoms with Crippen LogP contribution in [0.3, 0.4) is 0 Å². The van der Waals surface area contributed by atoms with Crippen LogP contribution in [0.4, 0.5) is 10.1 Å². The normalized spacial score (nSPS) is 16.0. The largest absolute Gasteiger partial charge is 0.383 e. The van der Waals surface area contributed by atoms with Crippen molar-refractivity contribution in [2.75, 3.05) is 44.8 Å². The Morgan fingerprint density at radius 3 is 2.40 bits per heavy atom. The first kappa shape index (κ1) is 20.7. The molecule has 7 nitrogen and oxygen atoms in total. The number of hydrogen-bond acceptors (Lipinski definition) is 6. The number of anilines is 1. The van der Waals surface area contributed by atoms with Crippen molar-refractivity contribution in [3.8, 4) is 0 Å². The summed E-state index contributed by atoms with van der Waals surface area (Å²) in [7, 11) is 1.66. The van der Waals surface area contributed by atoms with Gasteiger partial charge >= 0.3 is 0 Å². The van der Waals surface area contributed by atoms with Gasteiger partial charge in [0.2, 0.25) is 0 Å². The maximum atomic E-state index is 13.3. The maximum Gasteiger partial charge on any atom is 0.173 e. The summed E-state index contributed by atoms with van der Waals surface area (Å²) in [4.78, 5) is 4.64. The standard InChI is InChI=1S/C21H24ClFN6O/c1-30-15-14-29-21(24-25-26-29)20(16-2-4-17(22)5-3-16)28-12-10-27(11-13-28)19-8-6-18(23)7-9-19/h2-9,20H,10-15H2,1H3. The van der Waals surface area contributed by atoms with Gasteiger partial charge in [-0.25, -0.2) is 9.07 Å². The zero-order valence-electron chi connectivity index (χ0n) is 16.8. The van der Waals surface area contributed by atoms with Gasteiger partial charge in [0.1, 0.15) is 5.82 Å². The van der Waals surface area contributed by atoms with Crippen molar-refractivity contribution in [1.29, 1.82) is 0 Å². The number of hydrogen-bond donors (Lipinski definition) is 0. The zero-order valence-corrected chi connectivity index (χ0v) is 17.5. The lowest BCUT2D eigenvalue weighted by molar-refractivity contribution is 0.172. The van der Waals surface area contributed by atoms with Gasteiger partial charge in [0, 0.05) is 44.0 Å². The third-order valence-electron chi connectivity index (χ3n) is 5.37. The smallest absolute Gasteiger partial charge is 0.173 e. The van der Waals surface area contributed by atoms with Gasteiger partial charge in [-0.15, -0.1) is 5.10 Å². The molecule has 0 saturated carbocycles. The lowest BCUT2D eigenvalue weighted by Crippen LogP contribution is -2.48. The van der Waals surface area contributed by atoms with E-state index in [2.05, 4.69) is 25.3 Å². The summed E-state index contributed by atoms with van der Waals surface area (Å²) < 4.78 is 20.3. The van der Waals surface area contributed by atoms with Gasteiger partial charge in [-0.1, -0.05) is 23.7 Å². The van der Waals surface area contributed by atoms with Crippen molar-refractivity contribution in [3.05, 3.63) is 70.8 Å². The first-order chi connectivity index (χ1) is 14.7. The van der Waals surface area contributed by atoms with Crippen LogP contribution in [-0.4, -0.2) is 65.0 Å². The molecule has 158 valence electrons. The second-order valence-electron chi connectivity index (χ2n) is 7.21. The van der Waals surface area contributed by atoms with E-state index in [1.54, 1.807) is 11.8 Å². The van der Waals surface area contributed by atoms with Crippen LogP contribution in [0.2, 0.25) is 5.02 Å². The van der Waals surface area contributed by atoms with Crippen LogP contribution < -0.4 is 4.90 Å². The van der Waals surface area contributed by atoms with Gasteiger partial charge in [0.15, 0.2) is 5.82 Å². The quantitative estimate of drug-likeness (QED) is 0.574. The minimum Gasteiger partial charge on any atom is -0.383 e. The van der Waals surface area contributed by atoms with E-state index >= 15 is 0 Å². The summed E-state index contributed by atoms with van der Waals surface area (Å²) in [5.74, 6) is 0.563. The van der Waals surface area contributed by atoms with E-state index in [1.165, 1.54) is 12.1 Å². The second-order valence-corrected chi connectivity index (χ2v) is 7.64. The van der Waals surface area contributed by atoms with E-state index in [1.807, 2.05) is 36.4 Å². The molecule has 1 aliphatic rings. The summed E-state index contributed by atoms with van der Waals surface area (Å²) in [5.41, 5.74) is 2.12. The number of rotatable bonds is 7. The Morgan fingerprint density at radius 2 is 1.73 bits per heavy atom. The van der Waals surface area contributed by atoms with Crippen LogP contribution in [0.25, 0.3) is 0 Å². The predicted molar refractivity (Wildman–Crippen MR) is 113 cm³/mol. The molecule has 3 aromatic rings. The fourth-order valence-electron chi connectivity index (χ4n) is 3.80. The molecule has 0 amide bonds. The average molecular weight is 431 g/mol. The van der Waals surface area contributed by atoms with Crippen LogP contribution in [-0.2, 0) is 11.3 Å². The summed E-state index contributed by atoms with van der Waals surface area (Å²) in [6.07, 6.45) is 0. The lowest BCUT2D eigenvalue weighted by Gasteiger charge is -2.40. The molecule has 4 rings (SSSR count). The number of ether oxygens (including phenoxy) is 1. The Balaban J connectivity index is 1.57. The van der Waals surface area contributed by atoms with E-state index < -0.39 is 0 Å². The molecular formula is C21H24ClFN6O. The van der Waals surface area contributed by atoms with Crippen molar-refractivity contribution < 1.29 is 9.13 Å². The SMILES string of the molecule is COCCn1nnnc1C(c1ccc(Cl)cc1)N1CCN(c2ccc(F)cc2)CC1. The first-order valence-electron chi connectivity index (χ1n) is 9.91. The minimum absolute atomic E-state index is 0.0931. The number of aromatic nitrogens is 4. The highest BCUT2D eigenvalue weighted by molar-refractivity contribution is 6.30. The van der Waals surface area contributed by atoms with E-state index in [4.69, 9.17) is 16.3 Å². The highest BCUT2D eigenvalue weighted by Crippen LogP contribution is 2.30. The van der Waals surface area contributed by atoms with Crippen molar-refractivity contribution in [3.63, 3.8) is 0 Å². The Labute approximate surface area is 180 Å². The number of benzene rings is 2. The Bertz CT molecular complexity index is 941. The van der Waals surface area contributed by atoms with Crippen LogP contribution in [0.15, 0.2) is 48.5 Å². The number of tetrazole rings is 1. The Kier molecular flexibility index (Phi) is 6.56. The predicted octanol–water partition coefficient (Wildman–Crippen LogP) is 3.02. The number of halogens is 2. The Morgan fingerprint density at radius 1 is 1.03 bits per heavy atom. The molecule has 1 fully saturated rings. The second kappa shape index (κ2) is 9.51. The van der Waals surface area contributed by atoms with Gasteiger partial charge < -0.3 is 9.64 Å². The third-order valence-corrected chi connectivity index (χ3v) is 5.62. The summed E-state index contributed by atoms with van der Waals surface area (Å²) >= 11 is 6.12. The molecule has 1 aromatic heterocycles. The van der Waals surface area contributed by atoms with Gasteiger partial charge in [0.05, 0.1) is 19.2 Å². The topological polar surface area (TPSA) is 59.3 Å². The van der Waals surface area contributed by atoms with Crippen molar-refractivity contribution >= 4 is 17.3 Å². The molecule has 0 N–H and O–H groups in total. The molecule has 2 heterocycles. The van der Waals surface area contributed by atoms with Crippen LogP contribution >= 0.6 is 11.6 Å². The highest BCUT2D eigenvalue weighted by Gasteiger charge is 2.30. The van der Waals surface area contributed by atoms with E-state index in [9.17, 15) is 4.39 Å². The molecule has 1 saturated heterocycles. The molecule has 0 radical (unpaired) electrons.